The molecule has 1 heterocycles. The Kier molecular flexibility index (Phi) is 7.03. The zero-order valence-corrected chi connectivity index (χ0v) is 17.5. The van der Waals surface area contributed by atoms with E-state index >= 15 is 0 Å². The van der Waals surface area contributed by atoms with Crippen LogP contribution in [-0.2, 0) is 12.0 Å². The summed E-state index contributed by atoms with van der Waals surface area (Å²) in [7, 11) is 1.80. The van der Waals surface area contributed by atoms with Crippen LogP contribution in [0, 0.1) is 0 Å². The minimum absolute atomic E-state index is 0. The molecule has 24 heavy (non-hydrogen) atoms. The van der Waals surface area contributed by atoms with E-state index in [4.69, 9.17) is 0 Å². The van der Waals surface area contributed by atoms with Crippen LogP contribution in [0.4, 0.5) is 0 Å². The molecule has 0 saturated heterocycles. The highest BCUT2D eigenvalue weighted by Crippen LogP contribution is 2.49. The fraction of sp³-hybridized carbons (Fsp3) is 0.333. The summed E-state index contributed by atoms with van der Waals surface area (Å²) >= 11 is 3.68. The van der Waals surface area contributed by atoms with Crippen molar-refractivity contribution in [1.29, 1.82) is 0 Å². The van der Waals surface area contributed by atoms with Crippen LogP contribution in [0.5, 0.6) is 0 Å². The minimum Gasteiger partial charge on any atom is -0.356 e. The Morgan fingerprint density at radius 2 is 1.92 bits per heavy atom. The van der Waals surface area contributed by atoms with Crippen LogP contribution in [-0.4, -0.2) is 24.5 Å². The van der Waals surface area contributed by atoms with Gasteiger partial charge in [-0.15, -0.1) is 24.0 Å². The maximum absolute atomic E-state index is 4.31. The molecule has 0 amide bonds. The van der Waals surface area contributed by atoms with Gasteiger partial charge in [-0.3, -0.25) is 9.98 Å². The van der Waals surface area contributed by atoms with Gasteiger partial charge in [-0.25, -0.2) is 0 Å². The third-order valence-corrected chi connectivity index (χ3v) is 4.97. The monoisotopic (exact) mass is 500 g/mol. The lowest BCUT2D eigenvalue weighted by Crippen LogP contribution is -2.41. The summed E-state index contributed by atoms with van der Waals surface area (Å²) in [5.41, 5.74) is 2.61. The highest BCUT2D eigenvalue weighted by molar-refractivity contribution is 14.0. The van der Waals surface area contributed by atoms with Crippen LogP contribution >= 0.6 is 39.9 Å². The van der Waals surface area contributed by atoms with Crippen molar-refractivity contribution in [3.05, 3.63) is 64.4 Å². The van der Waals surface area contributed by atoms with Crippen LogP contribution in [0.2, 0.25) is 0 Å². The molecule has 2 N–H and O–H groups in total. The van der Waals surface area contributed by atoms with Crippen LogP contribution in [0.1, 0.15) is 24.1 Å². The third-order valence-electron chi connectivity index (χ3n) is 4.28. The number of nitrogens with zero attached hydrogens (tertiary/aromatic N) is 2. The predicted octanol–water partition coefficient (Wildman–Crippen LogP) is 3.86. The van der Waals surface area contributed by atoms with Gasteiger partial charge in [0.1, 0.15) is 0 Å². The second-order valence-electron chi connectivity index (χ2n) is 5.86. The van der Waals surface area contributed by atoms with E-state index in [1.54, 1.807) is 13.2 Å². The van der Waals surface area contributed by atoms with Crippen molar-refractivity contribution in [2.24, 2.45) is 4.99 Å². The number of aliphatic imine (C=N–C) groups is 1. The summed E-state index contributed by atoms with van der Waals surface area (Å²) in [5.74, 6) is 0.814. The molecule has 4 nitrogen and oxygen atoms in total. The predicted molar refractivity (Wildman–Crippen MR) is 113 cm³/mol. The number of halogens is 2. The summed E-state index contributed by atoms with van der Waals surface area (Å²) in [6, 6.07) is 14.4. The second kappa shape index (κ2) is 8.80. The van der Waals surface area contributed by atoms with Gasteiger partial charge < -0.3 is 10.6 Å². The number of nitrogens with one attached hydrogen (secondary N) is 2. The SMILES string of the molecule is CN=C(NCc1ccccn1)NCC1(c2ccccc2Br)CC1.I. The van der Waals surface area contributed by atoms with Crippen molar-refractivity contribution >= 4 is 45.9 Å². The zero-order chi connectivity index (χ0) is 16.1. The average Bonchev–Trinajstić information content (AvgIpc) is 3.37. The molecule has 1 aliphatic rings. The molecule has 2 aromatic rings. The second-order valence-corrected chi connectivity index (χ2v) is 6.71. The standard InChI is InChI=1S/C18H21BrN4.HI/c1-20-17(22-12-14-6-4-5-11-21-14)23-13-18(9-10-18)15-7-2-3-8-16(15)19;/h2-8,11H,9-10,12-13H2,1H3,(H2,20,22,23);1H. The number of rotatable bonds is 5. The molecule has 1 fully saturated rings. The molecule has 1 saturated carbocycles. The van der Waals surface area contributed by atoms with Gasteiger partial charge in [0.15, 0.2) is 5.96 Å². The molecule has 0 radical (unpaired) electrons. The quantitative estimate of drug-likeness (QED) is 0.372. The van der Waals surface area contributed by atoms with Gasteiger partial charge in [-0.2, -0.15) is 0 Å². The van der Waals surface area contributed by atoms with Gasteiger partial charge in [0.05, 0.1) is 12.2 Å². The van der Waals surface area contributed by atoms with E-state index < -0.39 is 0 Å². The van der Waals surface area contributed by atoms with E-state index in [-0.39, 0.29) is 29.4 Å². The first-order valence-electron chi connectivity index (χ1n) is 7.83. The summed E-state index contributed by atoms with van der Waals surface area (Å²) in [4.78, 5) is 8.62. The van der Waals surface area contributed by atoms with Crippen molar-refractivity contribution in [3.8, 4) is 0 Å². The maximum Gasteiger partial charge on any atom is 0.191 e. The molecule has 1 aliphatic carbocycles. The largest absolute Gasteiger partial charge is 0.356 e. The van der Waals surface area contributed by atoms with Gasteiger partial charge in [0, 0.05) is 29.7 Å². The van der Waals surface area contributed by atoms with Crippen molar-refractivity contribution < 1.29 is 0 Å². The summed E-state index contributed by atoms with van der Waals surface area (Å²) in [6.07, 6.45) is 4.22. The van der Waals surface area contributed by atoms with Crippen molar-refractivity contribution in [1.82, 2.24) is 15.6 Å². The summed E-state index contributed by atoms with van der Waals surface area (Å²) < 4.78 is 1.19. The van der Waals surface area contributed by atoms with E-state index in [0.717, 1.165) is 18.2 Å². The third kappa shape index (κ3) is 4.69. The highest BCUT2D eigenvalue weighted by Gasteiger charge is 2.45. The van der Waals surface area contributed by atoms with Crippen LogP contribution < -0.4 is 10.6 Å². The Bertz CT molecular complexity index is 686. The van der Waals surface area contributed by atoms with Gasteiger partial charge in [-0.05, 0) is 36.6 Å². The van der Waals surface area contributed by atoms with Crippen molar-refractivity contribution in [2.45, 2.75) is 24.8 Å². The lowest BCUT2D eigenvalue weighted by Gasteiger charge is -2.20. The van der Waals surface area contributed by atoms with E-state index in [1.807, 2.05) is 18.2 Å². The van der Waals surface area contributed by atoms with Crippen LogP contribution in [0.25, 0.3) is 0 Å². The lowest BCUT2D eigenvalue weighted by molar-refractivity contribution is 0.642. The molecule has 0 unspecified atom stereocenters. The molecule has 128 valence electrons. The molecule has 0 aliphatic heterocycles. The summed E-state index contributed by atoms with van der Waals surface area (Å²) in [6.45, 7) is 1.56. The van der Waals surface area contributed by atoms with E-state index in [0.29, 0.717) is 6.54 Å². The molecule has 1 aromatic heterocycles. The van der Waals surface area contributed by atoms with Crippen LogP contribution in [0.15, 0.2) is 58.1 Å². The molecule has 6 heteroatoms. The molecular weight excluding hydrogens is 479 g/mol. The Balaban J connectivity index is 0.00000208. The molecule has 0 atom stereocenters. The number of guanidine groups is 1. The molecule has 0 spiro atoms. The smallest absolute Gasteiger partial charge is 0.191 e. The van der Waals surface area contributed by atoms with Crippen molar-refractivity contribution in [2.75, 3.05) is 13.6 Å². The first-order valence-corrected chi connectivity index (χ1v) is 8.62. The number of hydrogen-bond donors (Lipinski definition) is 2. The summed E-state index contributed by atoms with van der Waals surface area (Å²) in [5, 5.41) is 6.78. The Morgan fingerprint density at radius 1 is 1.17 bits per heavy atom. The molecular formula is C18H22BrIN4. The number of hydrogen-bond acceptors (Lipinski definition) is 2. The van der Waals surface area contributed by atoms with Gasteiger partial charge >= 0.3 is 0 Å². The molecule has 3 rings (SSSR count). The highest BCUT2D eigenvalue weighted by atomic mass is 127. The molecule has 1 aromatic carbocycles. The first-order chi connectivity index (χ1) is 11.2. The zero-order valence-electron chi connectivity index (χ0n) is 13.6. The Morgan fingerprint density at radius 3 is 2.54 bits per heavy atom. The maximum atomic E-state index is 4.31. The van der Waals surface area contributed by atoms with Gasteiger partial charge in [-0.1, -0.05) is 40.2 Å². The number of aromatic nitrogens is 1. The normalized spacial score (nSPS) is 15.3. The van der Waals surface area contributed by atoms with E-state index in [1.165, 1.54) is 22.9 Å². The Hall–Kier alpha value is -1.15. The van der Waals surface area contributed by atoms with Gasteiger partial charge in [0.2, 0.25) is 0 Å². The molecule has 0 bridgehead atoms. The average molecular weight is 501 g/mol. The van der Waals surface area contributed by atoms with E-state index in [2.05, 4.69) is 60.8 Å². The number of pyridine rings is 1. The lowest BCUT2D eigenvalue weighted by atomic mass is 9.96. The van der Waals surface area contributed by atoms with Crippen molar-refractivity contribution in [3.63, 3.8) is 0 Å². The fourth-order valence-corrected chi connectivity index (χ4v) is 3.44. The van der Waals surface area contributed by atoms with E-state index in [9.17, 15) is 0 Å². The fourth-order valence-electron chi connectivity index (χ4n) is 2.73. The topological polar surface area (TPSA) is 49.3 Å². The Labute approximate surface area is 168 Å². The first kappa shape index (κ1) is 19.2. The van der Waals surface area contributed by atoms with Crippen LogP contribution in [0.3, 0.4) is 0 Å². The van der Waals surface area contributed by atoms with Gasteiger partial charge in [0.25, 0.3) is 0 Å². The minimum atomic E-state index is 0. The number of benzene rings is 1.